The first-order chi connectivity index (χ1) is 8.49. The number of ketones is 1. The molecule has 1 rings (SSSR count). The fourth-order valence-electron chi connectivity index (χ4n) is 1.63. The molecule has 98 valence electrons. The monoisotopic (exact) mass is 247 g/mol. The fourth-order valence-corrected chi connectivity index (χ4v) is 1.63. The maximum absolute atomic E-state index is 11.6. The molecule has 0 saturated heterocycles. The van der Waals surface area contributed by atoms with Crippen LogP contribution in [0.2, 0.25) is 0 Å². The van der Waals surface area contributed by atoms with Crippen LogP contribution in [0.1, 0.15) is 39.2 Å². The summed E-state index contributed by atoms with van der Waals surface area (Å²) in [6.45, 7) is 5.34. The molecule has 0 fully saturated rings. The van der Waals surface area contributed by atoms with E-state index in [0.717, 1.165) is 24.1 Å². The van der Waals surface area contributed by atoms with Crippen LogP contribution in [0.15, 0.2) is 24.3 Å². The number of anilines is 1. The van der Waals surface area contributed by atoms with Crippen LogP contribution < -0.4 is 5.32 Å². The molecule has 0 aliphatic heterocycles. The molecule has 0 spiro atoms. The average molecular weight is 247 g/mol. The Morgan fingerprint density at radius 2 is 2.00 bits per heavy atom. The van der Waals surface area contributed by atoms with Crippen LogP contribution in [0.5, 0.6) is 0 Å². The van der Waals surface area contributed by atoms with Crippen molar-refractivity contribution in [2.45, 2.75) is 40.0 Å². The van der Waals surface area contributed by atoms with Crippen molar-refractivity contribution in [3.05, 3.63) is 29.8 Å². The smallest absolute Gasteiger partial charge is 0.226 e. The van der Waals surface area contributed by atoms with E-state index in [1.54, 1.807) is 6.92 Å². The maximum Gasteiger partial charge on any atom is 0.226 e. The topological polar surface area (TPSA) is 46.2 Å². The lowest BCUT2D eigenvalue weighted by molar-refractivity contribution is -0.119. The number of aryl methyl sites for hydroxylation is 1. The van der Waals surface area contributed by atoms with Crippen LogP contribution in [-0.2, 0) is 16.0 Å². The van der Waals surface area contributed by atoms with Gasteiger partial charge in [-0.2, -0.15) is 0 Å². The molecule has 0 unspecified atom stereocenters. The molecule has 1 amide bonds. The van der Waals surface area contributed by atoms with E-state index in [4.69, 9.17) is 0 Å². The number of rotatable bonds is 6. The Kier molecular flexibility index (Phi) is 5.56. The largest absolute Gasteiger partial charge is 0.326 e. The zero-order valence-electron chi connectivity index (χ0n) is 11.3. The average Bonchev–Trinajstić information content (AvgIpc) is 2.28. The van der Waals surface area contributed by atoms with Gasteiger partial charge < -0.3 is 10.1 Å². The van der Waals surface area contributed by atoms with Gasteiger partial charge in [0.2, 0.25) is 5.91 Å². The molecule has 0 heterocycles. The Morgan fingerprint density at radius 1 is 1.28 bits per heavy atom. The molecule has 0 radical (unpaired) electrons. The molecule has 1 aromatic carbocycles. The van der Waals surface area contributed by atoms with Crippen LogP contribution in [0, 0.1) is 5.92 Å². The first kappa shape index (κ1) is 14.4. The van der Waals surface area contributed by atoms with E-state index in [2.05, 4.69) is 5.32 Å². The standard InChI is InChI=1S/C15H21NO2/c1-11(2)15(18)16-14-9-5-8-13(10-14)7-4-6-12(3)17/h5,8-11H,4,6-7H2,1-3H3,(H,16,18). The fraction of sp³-hybridized carbons (Fsp3) is 0.467. The van der Waals surface area contributed by atoms with Crippen molar-refractivity contribution >= 4 is 17.4 Å². The summed E-state index contributed by atoms with van der Waals surface area (Å²) < 4.78 is 0. The molecule has 0 atom stereocenters. The molecule has 1 aromatic rings. The minimum atomic E-state index is -0.0219. The Bertz CT molecular complexity index is 424. The number of hydrogen-bond donors (Lipinski definition) is 1. The van der Waals surface area contributed by atoms with Crippen LogP contribution >= 0.6 is 0 Å². The number of benzene rings is 1. The summed E-state index contributed by atoms with van der Waals surface area (Å²) in [5, 5.41) is 2.88. The highest BCUT2D eigenvalue weighted by Crippen LogP contribution is 2.14. The summed E-state index contributed by atoms with van der Waals surface area (Å²) in [6, 6.07) is 7.80. The molecule has 0 saturated carbocycles. The van der Waals surface area contributed by atoms with E-state index in [1.807, 2.05) is 38.1 Å². The molecular weight excluding hydrogens is 226 g/mol. The predicted molar refractivity (Wildman–Crippen MR) is 73.5 cm³/mol. The van der Waals surface area contributed by atoms with Crippen molar-refractivity contribution in [2.24, 2.45) is 5.92 Å². The van der Waals surface area contributed by atoms with E-state index in [-0.39, 0.29) is 17.6 Å². The van der Waals surface area contributed by atoms with Crippen molar-refractivity contribution in [1.29, 1.82) is 0 Å². The third-order valence-electron chi connectivity index (χ3n) is 2.71. The van der Waals surface area contributed by atoms with E-state index in [9.17, 15) is 9.59 Å². The molecule has 3 nitrogen and oxygen atoms in total. The van der Waals surface area contributed by atoms with Gasteiger partial charge in [-0.05, 0) is 37.5 Å². The summed E-state index contributed by atoms with van der Waals surface area (Å²) in [5.41, 5.74) is 1.98. The lowest BCUT2D eigenvalue weighted by Crippen LogP contribution is -2.17. The van der Waals surface area contributed by atoms with Gasteiger partial charge in [-0.15, -0.1) is 0 Å². The second-order valence-electron chi connectivity index (χ2n) is 4.90. The summed E-state index contributed by atoms with van der Waals surface area (Å²) >= 11 is 0. The minimum absolute atomic E-state index is 0.0219. The molecular formula is C15H21NO2. The van der Waals surface area contributed by atoms with Gasteiger partial charge in [-0.3, -0.25) is 4.79 Å². The molecule has 3 heteroatoms. The normalized spacial score (nSPS) is 10.4. The number of carbonyl (C=O) groups is 2. The summed E-state index contributed by atoms with van der Waals surface area (Å²) in [7, 11) is 0. The van der Waals surface area contributed by atoms with E-state index >= 15 is 0 Å². The highest BCUT2D eigenvalue weighted by atomic mass is 16.1. The van der Waals surface area contributed by atoms with Gasteiger partial charge in [0.25, 0.3) is 0 Å². The summed E-state index contributed by atoms with van der Waals surface area (Å²) in [5.74, 6) is 0.224. The second-order valence-corrected chi connectivity index (χ2v) is 4.90. The van der Waals surface area contributed by atoms with Gasteiger partial charge in [-0.25, -0.2) is 0 Å². The zero-order chi connectivity index (χ0) is 13.5. The van der Waals surface area contributed by atoms with Gasteiger partial charge in [0, 0.05) is 18.0 Å². The van der Waals surface area contributed by atoms with Gasteiger partial charge in [0.15, 0.2) is 0 Å². The molecule has 0 aromatic heterocycles. The highest BCUT2D eigenvalue weighted by molar-refractivity contribution is 5.92. The highest BCUT2D eigenvalue weighted by Gasteiger charge is 2.07. The quantitative estimate of drug-likeness (QED) is 0.839. The van der Waals surface area contributed by atoms with Gasteiger partial charge in [0.1, 0.15) is 5.78 Å². The number of nitrogens with one attached hydrogen (secondary N) is 1. The Morgan fingerprint density at radius 3 is 2.61 bits per heavy atom. The van der Waals surface area contributed by atoms with Crippen molar-refractivity contribution < 1.29 is 9.59 Å². The van der Waals surface area contributed by atoms with E-state index in [0.29, 0.717) is 6.42 Å². The van der Waals surface area contributed by atoms with E-state index in [1.165, 1.54) is 0 Å². The Labute approximate surface area is 109 Å². The van der Waals surface area contributed by atoms with Crippen LogP contribution in [0.25, 0.3) is 0 Å². The summed E-state index contributed by atoms with van der Waals surface area (Å²) in [6.07, 6.45) is 2.34. The van der Waals surface area contributed by atoms with E-state index < -0.39 is 0 Å². The molecule has 0 bridgehead atoms. The first-order valence-electron chi connectivity index (χ1n) is 6.38. The first-order valence-corrected chi connectivity index (χ1v) is 6.38. The van der Waals surface area contributed by atoms with Gasteiger partial charge in [0.05, 0.1) is 0 Å². The number of hydrogen-bond acceptors (Lipinski definition) is 2. The third kappa shape index (κ3) is 5.13. The second kappa shape index (κ2) is 6.94. The predicted octanol–water partition coefficient (Wildman–Crippen LogP) is 3.19. The van der Waals surface area contributed by atoms with Gasteiger partial charge in [-0.1, -0.05) is 26.0 Å². The molecule has 1 N–H and O–H groups in total. The minimum Gasteiger partial charge on any atom is -0.326 e. The van der Waals surface area contributed by atoms with Crippen molar-refractivity contribution in [1.82, 2.24) is 0 Å². The Hall–Kier alpha value is -1.64. The number of carbonyl (C=O) groups excluding carboxylic acids is 2. The lowest BCUT2D eigenvalue weighted by atomic mass is 10.1. The van der Waals surface area contributed by atoms with Crippen molar-refractivity contribution in [3.63, 3.8) is 0 Å². The van der Waals surface area contributed by atoms with Gasteiger partial charge >= 0.3 is 0 Å². The number of Topliss-reactive ketones (excluding diaryl/α,β-unsaturated/α-hetero) is 1. The molecule has 0 aliphatic carbocycles. The maximum atomic E-state index is 11.6. The zero-order valence-corrected chi connectivity index (χ0v) is 11.3. The van der Waals surface area contributed by atoms with Crippen molar-refractivity contribution in [2.75, 3.05) is 5.32 Å². The van der Waals surface area contributed by atoms with Crippen LogP contribution in [0.3, 0.4) is 0 Å². The van der Waals surface area contributed by atoms with Crippen LogP contribution in [-0.4, -0.2) is 11.7 Å². The number of amides is 1. The van der Waals surface area contributed by atoms with Crippen LogP contribution in [0.4, 0.5) is 5.69 Å². The lowest BCUT2D eigenvalue weighted by Gasteiger charge is -2.09. The van der Waals surface area contributed by atoms with Crippen molar-refractivity contribution in [3.8, 4) is 0 Å². The molecule has 18 heavy (non-hydrogen) atoms. The Balaban J connectivity index is 2.56. The third-order valence-corrected chi connectivity index (χ3v) is 2.71. The molecule has 0 aliphatic rings. The summed E-state index contributed by atoms with van der Waals surface area (Å²) in [4.78, 5) is 22.4. The SMILES string of the molecule is CC(=O)CCCc1cccc(NC(=O)C(C)C)c1.